The van der Waals surface area contributed by atoms with Gasteiger partial charge in [-0.25, -0.2) is 4.79 Å². The Labute approximate surface area is 94.0 Å². The summed E-state index contributed by atoms with van der Waals surface area (Å²) in [6, 6.07) is 8.91. The van der Waals surface area contributed by atoms with Gasteiger partial charge in [-0.3, -0.25) is 0 Å². The molecule has 0 unspecified atom stereocenters. The maximum absolute atomic E-state index is 10.7. The number of carboxylic acid groups (broad SMARTS) is 1. The third kappa shape index (κ3) is 1.72. The van der Waals surface area contributed by atoms with Gasteiger partial charge in [-0.05, 0) is 49.7 Å². The van der Waals surface area contributed by atoms with Crippen LogP contribution in [0.4, 0.5) is 0 Å². The van der Waals surface area contributed by atoms with Crippen LogP contribution in [0.15, 0.2) is 36.5 Å². The number of aryl methyl sites for hydroxylation is 1. The van der Waals surface area contributed by atoms with Crippen molar-refractivity contribution in [3.63, 3.8) is 0 Å². The Kier molecular flexibility index (Phi) is 2.52. The quantitative estimate of drug-likeness (QED) is 0.837. The molecule has 0 bridgehead atoms. The normalized spacial score (nSPS) is 10.4. The summed E-state index contributed by atoms with van der Waals surface area (Å²) in [5, 5.41) is 8.80. The Hall–Kier alpha value is -2.03. The second-order valence-corrected chi connectivity index (χ2v) is 3.81. The number of rotatable bonds is 2. The van der Waals surface area contributed by atoms with Crippen LogP contribution in [0.2, 0.25) is 0 Å². The molecule has 2 aromatic rings. The average molecular weight is 215 g/mol. The summed E-state index contributed by atoms with van der Waals surface area (Å²) in [5.74, 6) is -0.896. The van der Waals surface area contributed by atoms with Crippen molar-refractivity contribution in [2.45, 2.75) is 13.8 Å². The summed E-state index contributed by atoms with van der Waals surface area (Å²) in [5.41, 5.74) is 3.69. The predicted octanol–water partition coefficient (Wildman–Crippen LogP) is 2.79. The smallest absolute Gasteiger partial charge is 0.335 e. The Balaban J connectivity index is 2.42. The summed E-state index contributed by atoms with van der Waals surface area (Å²) >= 11 is 0. The van der Waals surface area contributed by atoms with E-state index in [4.69, 9.17) is 5.11 Å². The Morgan fingerprint density at radius 3 is 2.19 bits per heavy atom. The van der Waals surface area contributed by atoms with Gasteiger partial charge in [-0.2, -0.15) is 0 Å². The van der Waals surface area contributed by atoms with Crippen LogP contribution >= 0.6 is 0 Å². The van der Waals surface area contributed by atoms with Gasteiger partial charge in [0.1, 0.15) is 0 Å². The zero-order chi connectivity index (χ0) is 11.7. The maximum Gasteiger partial charge on any atom is 0.335 e. The number of benzene rings is 1. The fourth-order valence-electron chi connectivity index (χ4n) is 1.65. The topological polar surface area (TPSA) is 42.2 Å². The highest BCUT2D eigenvalue weighted by molar-refractivity contribution is 5.87. The van der Waals surface area contributed by atoms with E-state index in [-0.39, 0.29) is 0 Å². The molecule has 0 spiro atoms. The fourth-order valence-corrected chi connectivity index (χ4v) is 1.65. The number of aromatic carboxylic acids is 1. The van der Waals surface area contributed by atoms with E-state index in [1.807, 2.05) is 35.9 Å². The van der Waals surface area contributed by atoms with Crippen LogP contribution in [0.25, 0.3) is 5.69 Å². The van der Waals surface area contributed by atoms with Gasteiger partial charge in [0.2, 0.25) is 0 Å². The number of carboxylic acids is 1. The minimum atomic E-state index is -0.896. The van der Waals surface area contributed by atoms with Gasteiger partial charge in [0.25, 0.3) is 0 Å². The van der Waals surface area contributed by atoms with E-state index in [0.717, 1.165) is 5.69 Å². The second-order valence-electron chi connectivity index (χ2n) is 3.81. The molecule has 2 rings (SSSR count). The van der Waals surface area contributed by atoms with Crippen LogP contribution in [0.5, 0.6) is 0 Å². The lowest BCUT2D eigenvalue weighted by atomic mass is 10.2. The molecule has 3 nitrogen and oxygen atoms in total. The lowest BCUT2D eigenvalue weighted by molar-refractivity contribution is 0.0697. The Morgan fingerprint density at radius 2 is 1.75 bits per heavy atom. The highest BCUT2D eigenvalue weighted by Gasteiger charge is 2.05. The number of nitrogens with zero attached hydrogens (tertiary/aromatic N) is 1. The van der Waals surface area contributed by atoms with E-state index in [2.05, 4.69) is 6.92 Å². The molecule has 0 fully saturated rings. The molecular weight excluding hydrogens is 202 g/mol. The molecule has 0 aliphatic carbocycles. The molecule has 16 heavy (non-hydrogen) atoms. The van der Waals surface area contributed by atoms with Gasteiger partial charge in [0.05, 0.1) is 5.56 Å². The number of aromatic nitrogens is 1. The van der Waals surface area contributed by atoms with Crippen molar-refractivity contribution in [2.75, 3.05) is 0 Å². The summed E-state index contributed by atoms with van der Waals surface area (Å²) in [6.07, 6.45) is 1.99. The number of hydrogen-bond donors (Lipinski definition) is 1. The van der Waals surface area contributed by atoms with Crippen LogP contribution in [0, 0.1) is 13.8 Å². The number of carbonyl (C=O) groups is 1. The average Bonchev–Trinajstić information content (AvgIpc) is 2.60. The molecule has 0 radical (unpaired) electrons. The summed E-state index contributed by atoms with van der Waals surface area (Å²) in [6.45, 7) is 4.10. The first-order chi connectivity index (χ1) is 7.59. The fraction of sp³-hybridized carbons (Fsp3) is 0.154. The van der Waals surface area contributed by atoms with E-state index in [1.54, 1.807) is 12.1 Å². The highest BCUT2D eigenvalue weighted by atomic mass is 16.4. The molecule has 1 N–H and O–H groups in total. The zero-order valence-electron chi connectivity index (χ0n) is 9.27. The molecule has 1 heterocycles. The van der Waals surface area contributed by atoms with Crippen LogP contribution in [-0.4, -0.2) is 15.6 Å². The monoisotopic (exact) mass is 215 g/mol. The van der Waals surface area contributed by atoms with Crippen molar-refractivity contribution in [3.8, 4) is 5.69 Å². The van der Waals surface area contributed by atoms with Gasteiger partial charge < -0.3 is 9.67 Å². The third-order valence-electron chi connectivity index (χ3n) is 2.80. The molecule has 0 saturated carbocycles. The first kappa shape index (κ1) is 10.5. The first-order valence-corrected chi connectivity index (χ1v) is 5.08. The van der Waals surface area contributed by atoms with E-state index in [1.165, 1.54) is 11.3 Å². The summed E-state index contributed by atoms with van der Waals surface area (Å²) < 4.78 is 2.04. The number of hydrogen-bond acceptors (Lipinski definition) is 1. The minimum absolute atomic E-state index is 0.310. The van der Waals surface area contributed by atoms with E-state index < -0.39 is 5.97 Å². The minimum Gasteiger partial charge on any atom is -0.478 e. The predicted molar refractivity (Wildman–Crippen MR) is 62.2 cm³/mol. The first-order valence-electron chi connectivity index (χ1n) is 5.08. The molecule has 0 aliphatic rings. The Morgan fingerprint density at radius 1 is 1.12 bits per heavy atom. The van der Waals surface area contributed by atoms with Crippen molar-refractivity contribution in [3.05, 3.63) is 53.3 Å². The van der Waals surface area contributed by atoms with Crippen LogP contribution in [0.3, 0.4) is 0 Å². The van der Waals surface area contributed by atoms with Crippen molar-refractivity contribution in [1.29, 1.82) is 0 Å². The molecule has 0 atom stereocenters. The maximum atomic E-state index is 10.7. The Bertz CT molecular complexity index is 523. The van der Waals surface area contributed by atoms with Gasteiger partial charge in [-0.1, -0.05) is 0 Å². The summed E-state index contributed by atoms with van der Waals surface area (Å²) in [7, 11) is 0. The van der Waals surface area contributed by atoms with Crippen molar-refractivity contribution in [1.82, 2.24) is 4.57 Å². The molecule has 1 aromatic heterocycles. The van der Waals surface area contributed by atoms with Gasteiger partial charge in [-0.15, -0.1) is 0 Å². The second kappa shape index (κ2) is 3.85. The molecular formula is C13H13NO2. The molecule has 1 aromatic carbocycles. The van der Waals surface area contributed by atoms with Crippen LogP contribution < -0.4 is 0 Å². The molecule has 0 amide bonds. The summed E-state index contributed by atoms with van der Waals surface area (Å²) in [4.78, 5) is 10.7. The van der Waals surface area contributed by atoms with Gasteiger partial charge in [0, 0.05) is 17.6 Å². The van der Waals surface area contributed by atoms with Crippen molar-refractivity contribution < 1.29 is 9.90 Å². The highest BCUT2D eigenvalue weighted by Crippen LogP contribution is 2.16. The molecule has 0 saturated heterocycles. The van der Waals surface area contributed by atoms with E-state index in [0.29, 0.717) is 5.56 Å². The van der Waals surface area contributed by atoms with Crippen molar-refractivity contribution >= 4 is 5.97 Å². The molecule has 3 heteroatoms. The molecule has 0 aliphatic heterocycles. The van der Waals surface area contributed by atoms with Gasteiger partial charge >= 0.3 is 5.97 Å². The van der Waals surface area contributed by atoms with Crippen LogP contribution in [0.1, 0.15) is 21.6 Å². The van der Waals surface area contributed by atoms with Crippen molar-refractivity contribution in [2.24, 2.45) is 0 Å². The SMILES string of the molecule is Cc1ccn(-c2ccc(C(=O)O)cc2)c1C. The zero-order valence-corrected chi connectivity index (χ0v) is 9.27. The lowest BCUT2D eigenvalue weighted by Crippen LogP contribution is -1.99. The van der Waals surface area contributed by atoms with E-state index >= 15 is 0 Å². The molecule has 82 valence electrons. The third-order valence-corrected chi connectivity index (χ3v) is 2.80. The largest absolute Gasteiger partial charge is 0.478 e. The van der Waals surface area contributed by atoms with E-state index in [9.17, 15) is 4.79 Å². The lowest BCUT2D eigenvalue weighted by Gasteiger charge is -2.06. The van der Waals surface area contributed by atoms with Crippen LogP contribution in [-0.2, 0) is 0 Å². The van der Waals surface area contributed by atoms with Gasteiger partial charge in [0.15, 0.2) is 0 Å². The standard InChI is InChI=1S/C13H13NO2/c1-9-7-8-14(10(9)2)12-5-3-11(4-6-12)13(15)16/h3-8H,1-2H3,(H,15,16).